The van der Waals surface area contributed by atoms with E-state index in [0.717, 1.165) is 11.4 Å². The molecular formula is C16H19N3O3. The number of nitrogens with zero attached hydrogens (tertiary/aromatic N) is 2. The van der Waals surface area contributed by atoms with Crippen LogP contribution >= 0.6 is 0 Å². The van der Waals surface area contributed by atoms with Gasteiger partial charge < -0.3 is 10.4 Å². The minimum atomic E-state index is -1.08. The molecule has 1 heterocycles. The quantitative estimate of drug-likeness (QED) is 0.886. The molecule has 6 nitrogen and oxygen atoms in total. The Morgan fingerprint density at radius 2 is 1.82 bits per heavy atom. The molecule has 1 amide bonds. The number of carboxylic acids is 1. The Bertz CT molecular complexity index is 677. The number of rotatable bonds is 5. The molecule has 0 aliphatic rings. The Morgan fingerprint density at radius 3 is 2.36 bits per heavy atom. The normalized spacial score (nSPS) is 12.2. The highest BCUT2D eigenvalue weighted by atomic mass is 16.4. The lowest BCUT2D eigenvalue weighted by Crippen LogP contribution is -2.38. The number of nitrogens with one attached hydrogen (secondary N) is 1. The Balaban J connectivity index is 2.35. The molecule has 6 heteroatoms. The molecule has 2 N–H and O–H groups in total. The minimum absolute atomic E-state index is 0.172. The van der Waals surface area contributed by atoms with E-state index in [1.54, 1.807) is 10.7 Å². The van der Waals surface area contributed by atoms with Crippen LogP contribution in [0.15, 0.2) is 36.4 Å². The molecule has 0 bridgehead atoms. The second-order valence-electron chi connectivity index (χ2n) is 5.39. The van der Waals surface area contributed by atoms with E-state index >= 15 is 0 Å². The number of benzene rings is 1. The van der Waals surface area contributed by atoms with Crippen molar-refractivity contribution in [3.63, 3.8) is 0 Å². The zero-order valence-corrected chi connectivity index (χ0v) is 12.8. The summed E-state index contributed by atoms with van der Waals surface area (Å²) in [6.07, 6.45) is 0. The number of hydrogen-bond acceptors (Lipinski definition) is 3. The fraction of sp³-hybridized carbons (Fsp3) is 0.312. The van der Waals surface area contributed by atoms with Gasteiger partial charge >= 0.3 is 5.97 Å². The molecule has 1 aromatic heterocycles. The van der Waals surface area contributed by atoms with Gasteiger partial charge in [0.25, 0.3) is 5.91 Å². The highest BCUT2D eigenvalue weighted by molar-refractivity contribution is 5.95. The first-order chi connectivity index (χ1) is 10.4. The van der Waals surface area contributed by atoms with E-state index < -0.39 is 17.9 Å². The lowest BCUT2D eigenvalue weighted by Gasteiger charge is -2.09. The summed E-state index contributed by atoms with van der Waals surface area (Å²) in [6.45, 7) is 5.44. The van der Waals surface area contributed by atoms with Crippen molar-refractivity contribution in [2.45, 2.75) is 32.7 Å². The summed E-state index contributed by atoms with van der Waals surface area (Å²) >= 11 is 0. The summed E-state index contributed by atoms with van der Waals surface area (Å²) in [7, 11) is 0. The van der Waals surface area contributed by atoms with E-state index in [2.05, 4.69) is 10.4 Å². The maximum Gasteiger partial charge on any atom is 0.325 e. The molecule has 0 radical (unpaired) electrons. The number of carbonyl (C=O) groups is 2. The van der Waals surface area contributed by atoms with E-state index in [-0.39, 0.29) is 11.6 Å². The van der Waals surface area contributed by atoms with Crippen LogP contribution in [0.3, 0.4) is 0 Å². The molecule has 22 heavy (non-hydrogen) atoms. The van der Waals surface area contributed by atoms with Gasteiger partial charge in [-0.15, -0.1) is 0 Å². The summed E-state index contributed by atoms with van der Waals surface area (Å²) in [5, 5.41) is 15.6. The molecule has 0 fully saturated rings. The van der Waals surface area contributed by atoms with Crippen LogP contribution in [0.25, 0.3) is 5.69 Å². The molecule has 0 saturated carbocycles. The average Bonchev–Trinajstić information content (AvgIpc) is 2.93. The van der Waals surface area contributed by atoms with Gasteiger partial charge in [-0.3, -0.25) is 9.59 Å². The van der Waals surface area contributed by atoms with Gasteiger partial charge in [0.15, 0.2) is 5.69 Å². The third-order valence-electron chi connectivity index (χ3n) is 3.28. The SMILES string of the molecule is CC(C)c1cc(C(=O)N[C@@H](C)C(=O)O)nn1-c1ccccc1. The first-order valence-electron chi connectivity index (χ1n) is 7.09. The van der Waals surface area contributed by atoms with Crippen molar-refractivity contribution in [1.82, 2.24) is 15.1 Å². The van der Waals surface area contributed by atoms with E-state index in [1.807, 2.05) is 44.2 Å². The average molecular weight is 301 g/mol. The zero-order chi connectivity index (χ0) is 16.3. The number of carboxylic acid groups (broad SMARTS) is 1. The molecule has 2 rings (SSSR count). The van der Waals surface area contributed by atoms with E-state index in [4.69, 9.17) is 5.11 Å². The zero-order valence-electron chi connectivity index (χ0n) is 12.8. The molecule has 2 aromatic rings. The van der Waals surface area contributed by atoms with Crippen molar-refractivity contribution in [1.29, 1.82) is 0 Å². The van der Waals surface area contributed by atoms with Crippen LogP contribution < -0.4 is 5.32 Å². The predicted molar refractivity (Wildman–Crippen MR) is 82.2 cm³/mol. The highest BCUT2D eigenvalue weighted by Gasteiger charge is 2.20. The van der Waals surface area contributed by atoms with Gasteiger partial charge in [-0.25, -0.2) is 4.68 Å². The van der Waals surface area contributed by atoms with Crippen molar-refractivity contribution in [2.75, 3.05) is 0 Å². The largest absolute Gasteiger partial charge is 0.480 e. The number of hydrogen-bond donors (Lipinski definition) is 2. The summed E-state index contributed by atoms with van der Waals surface area (Å²) in [5.74, 6) is -1.41. The topological polar surface area (TPSA) is 84.2 Å². The monoisotopic (exact) mass is 301 g/mol. The smallest absolute Gasteiger partial charge is 0.325 e. The van der Waals surface area contributed by atoms with Crippen molar-refractivity contribution in [2.24, 2.45) is 0 Å². The lowest BCUT2D eigenvalue weighted by molar-refractivity contribution is -0.138. The van der Waals surface area contributed by atoms with Gasteiger partial charge in [-0.1, -0.05) is 32.0 Å². The van der Waals surface area contributed by atoms with Crippen LogP contribution in [0.5, 0.6) is 0 Å². The van der Waals surface area contributed by atoms with Gasteiger partial charge in [-0.05, 0) is 31.0 Å². The second kappa shape index (κ2) is 6.43. The van der Waals surface area contributed by atoms with Gasteiger partial charge in [0.2, 0.25) is 0 Å². The van der Waals surface area contributed by atoms with Crippen LogP contribution in [0.4, 0.5) is 0 Å². The van der Waals surface area contributed by atoms with E-state index in [0.29, 0.717) is 0 Å². The molecule has 0 saturated heterocycles. The molecule has 0 aliphatic carbocycles. The summed E-state index contributed by atoms with van der Waals surface area (Å²) < 4.78 is 1.71. The molecule has 0 unspecified atom stereocenters. The highest BCUT2D eigenvalue weighted by Crippen LogP contribution is 2.20. The molecule has 1 atom stereocenters. The van der Waals surface area contributed by atoms with Crippen LogP contribution in [0.2, 0.25) is 0 Å². The first-order valence-corrected chi connectivity index (χ1v) is 7.09. The Hall–Kier alpha value is -2.63. The number of aliphatic carboxylic acids is 1. The molecule has 0 spiro atoms. The number of para-hydroxylation sites is 1. The fourth-order valence-corrected chi connectivity index (χ4v) is 2.03. The second-order valence-corrected chi connectivity index (χ2v) is 5.39. The first kappa shape index (κ1) is 15.8. The maximum absolute atomic E-state index is 12.1. The minimum Gasteiger partial charge on any atom is -0.480 e. The lowest BCUT2D eigenvalue weighted by atomic mass is 10.1. The summed E-state index contributed by atoms with van der Waals surface area (Å²) in [5.41, 5.74) is 1.96. The number of amides is 1. The van der Waals surface area contributed by atoms with Crippen LogP contribution in [0, 0.1) is 0 Å². The number of aromatic nitrogens is 2. The van der Waals surface area contributed by atoms with Crippen molar-refractivity contribution in [3.05, 3.63) is 47.8 Å². The fourth-order valence-electron chi connectivity index (χ4n) is 2.03. The standard InChI is InChI=1S/C16H19N3O3/c1-10(2)14-9-13(15(20)17-11(3)16(21)22)18-19(14)12-7-5-4-6-8-12/h4-11H,1-3H3,(H,17,20)(H,21,22)/t11-/m0/s1. The van der Waals surface area contributed by atoms with Gasteiger partial charge in [0.1, 0.15) is 6.04 Å². The van der Waals surface area contributed by atoms with Crippen LogP contribution in [-0.4, -0.2) is 32.8 Å². The van der Waals surface area contributed by atoms with Crippen LogP contribution in [0.1, 0.15) is 42.9 Å². The summed E-state index contributed by atoms with van der Waals surface area (Å²) in [6, 6.07) is 10.2. The third kappa shape index (κ3) is 3.33. The van der Waals surface area contributed by atoms with Gasteiger partial charge in [0.05, 0.1) is 5.69 Å². The molecule has 116 valence electrons. The van der Waals surface area contributed by atoms with Crippen molar-refractivity contribution < 1.29 is 14.7 Å². The molecule has 0 aliphatic heterocycles. The van der Waals surface area contributed by atoms with E-state index in [9.17, 15) is 9.59 Å². The van der Waals surface area contributed by atoms with Crippen LogP contribution in [-0.2, 0) is 4.79 Å². The Labute approximate surface area is 128 Å². The van der Waals surface area contributed by atoms with Gasteiger partial charge in [0, 0.05) is 5.69 Å². The predicted octanol–water partition coefficient (Wildman–Crippen LogP) is 2.20. The maximum atomic E-state index is 12.1. The van der Waals surface area contributed by atoms with E-state index in [1.165, 1.54) is 6.92 Å². The van der Waals surface area contributed by atoms with Gasteiger partial charge in [-0.2, -0.15) is 5.10 Å². The van der Waals surface area contributed by atoms with Crippen molar-refractivity contribution >= 4 is 11.9 Å². The Kier molecular flexibility index (Phi) is 4.60. The third-order valence-corrected chi connectivity index (χ3v) is 3.28. The molecule has 1 aromatic carbocycles. The van der Waals surface area contributed by atoms with Crippen molar-refractivity contribution in [3.8, 4) is 5.69 Å². The summed E-state index contributed by atoms with van der Waals surface area (Å²) in [4.78, 5) is 23.0. The Morgan fingerprint density at radius 1 is 1.18 bits per heavy atom. The number of carbonyl (C=O) groups excluding carboxylic acids is 1. The molecular weight excluding hydrogens is 282 g/mol.